The molecule has 0 aliphatic heterocycles. The molecule has 0 fully saturated rings. The Kier molecular flexibility index (Phi) is 4.64. The van der Waals surface area contributed by atoms with Crippen molar-refractivity contribution in [2.24, 2.45) is 11.5 Å². The largest absolute Gasteiger partial charge is 0.329 e. The van der Waals surface area contributed by atoms with Gasteiger partial charge in [-0.05, 0) is 25.3 Å². The van der Waals surface area contributed by atoms with E-state index in [0.717, 1.165) is 12.8 Å². The number of hydrogen-bond donors (Lipinski definition) is 3. The van der Waals surface area contributed by atoms with Crippen molar-refractivity contribution in [1.82, 2.24) is 0 Å². The third kappa shape index (κ3) is 4.69. The van der Waals surface area contributed by atoms with E-state index in [1.807, 2.05) is 25.1 Å². The van der Waals surface area contributed by atoms with E-state index in [1.165, 1.54) is 5.56 Å². The maximum atomic E-state index is 6.00. The first-order valence-electron chi connectivity index (χ1n) is 5.24. The van der Waals surface area contributed by atoms with Crippen molar-refractivity contribution < 1.29 is 0 Å². The van der Waals surface area contributed by atoms with Gasteiger partial charge in [0, 0.05) is 17.3 Å². The van der Waals surface area contributed by atoms with Gasteiger partial charge in [-0.2, -0.15) is 12.6 Å². The van der Waals surface area contributed by atoms with Crippen LogP contribution in [0.15, 0.2) is 30.3 Å². The first-order chi connectivity index (χ1) is 7.03. The predicted molar refractivity (Wildman–Crippen MR) is 69.2 cm³/mol. The Balaban J connectivity index is 2.46. The molecular formula is C12H20N2S. The highest BCUT2D eigenvalue weighted by molar-refractivity contribution is 7.80. The van der Waals surface area contributed by atoms with Crippen molar-refractivity contribution in [2.75, 3.05) is 6.54 Å². The fourth-order valence-corrected chi connectivity index (χ4v) is 2.21. The lowest BCUT2D eigenvalue weighted by molar-refractivity contribution is 0.436. The lowest BCUT2D eigenvalue weighted by Crippen LogP contribution is -2.46. The first-order valence-corrected chi connectivity index (χ1v) is 5.76. The Hall–Kier alpha value is -0.510. The standard InChI is InChI=1S/C12H20N2S/c1-12(14,9-13)8-11(15)7-10-5-3-2-4-6-10/h2-6,11,15H,7-9,13-14H2,1H3. The second-order valence-corrected chi connectivity index (χ2v) is 5.14. The van der Waals surface area contributed by atoms with Crippen molar-refractivity contribution in [2.45, 2.75) is 30.6 Å². The summed E-state index contributed by atoms with van der Waals surface area (Å²) in [5.41, 5.74) is 12.6. The van der Waals surface area contributed by atoms with Crippen LogP contribution in [0, 0.1) is 0 Å². The van der Waals surface area contributed by atoms with Gasteiger partial charge >= 0.3 is 0 Å². The smallest absolute Gasteiger partial charge is 0.0260 e. The average Bonchev–Trinajstić information content (AvgIpc) is 2.18. The van der Waals surface area contributed by atoms with Crippen LogP contribution in [-0.2, 0) is 6.42 Å². The van der Waals surface area contributed by atoms with Crippen LogP contribution in [0.4, 0.5) is 0 Å². The van der Waals surface area contributed by atoms with E-state index in [4.69, 9.17) is 11.5 Å². The Labute approximate surface area is 97.5 Å². The summed E-state index contributed by atoms with van der Waals surface area (Å²) in [6.07, 6.45) is 1.78. The molecule has 0 aromatic heterocycles. The molecule has 84 valence electrons. The zero-order valence-electron chi connectivity index (χ0n) is 9.19. The quantitative estimate of drug-likeness (QED) is 0.665. The fourth-order valence-electron chi connectivity index (χ4n) is 1.58. The summed E-state index contributed by atoms with van der Waals surface area (Å²) in [5, 5.41) is 0.269. The van der Waals surface area contributed by atoms with Crippen molar-refractivity contribution in [3.8, 4) is 0 Å². The van der Waals surface area contributed by atoms with Crippen LogP contribution in [0.25, 0.3) is 0 Å². The van der Waals surface area contributed by atoms with Crippen LogP contribution in [-0.4, -0.2) is 17.3 Å². The number of thiol groups is 1. The monoisotopic (exact) mass is 224 g/mol. The van der Waals surface area contributed by atoms with Gasteiger partial charge in [-0.25, -0.2) is 0 Å². The second kappa shape index (κ2) is 5.54. The minimum atomic E-state index is -0.304. The van der Waals surface area contributed by atoms with Gasteiger partial charge in [-0.15, -0.1) is 0 Å². The van der Waals surface area contributed by atoms with Gasteiger partial charge in [0.1, 0.15) is 0 Å². The van der Waals surface area contributed by atoms with Gasteiger partial charge in [0.05, 0.1) is 0 Å². The van der Waals surface area contributed by atoms with Gasteiger partial charge < -0.3 is 11.5 Å². The Morgan fingerprint density at radius 3 is 2.47 bits per heavy atom. The number of hydrogen-bond acceptors (Lipinski definition) is 3. The van der Waals surface area contributed by atoms with E-state index in [2.05, 4.69) is 24.8 Å². The Bertz CT molecular complexity index is 285. The summed E-state index contributed by atoms with van der Waals surface area (Å²) in [4.78, 5) is 0. The Morgan fingerprint density at radius 1 is 1.33 bits per heavy atom. The lowest BCUT2D eigenvalue weighted by atomic mass is 9.94. The molecule has 1 aromatic carbocycles. The van der Waals surface area contributed by atoms with Gasteiger partial charge in [-0.1, -0.05) is 30.3 Å². The molecule has 0 spiro atoms. The molecule has 1 rings (SSSR count). The molecule has 4 N–H and O–H groups in total. The van der Waals surface area contributed by atoms with Gasteiger partial charge in [0.15, 0.2) is 0 Å². The van der Waals surface area contributed by atoms with E-state index in [0.29, 0.717) is 6.54 Å². The van der Waals surface area contributed by atoms with E-state index < -0.39 is 0 Å². The molecule has 0 aliphatic rings. The molecule has 0 heterocycles. The van der Waals surface area contributed by atoms with Gasteiger partial charge in [-0.3, -0.25) is 0 Å². The number of benzene rings is 1. The van der Waals surface area contributed by atoms with E-state index in [9.17, 15) is 0 Å². The Morgan fingerprint density at radius 2 is 1.93 bits per heavy atom. The number of rotatable bonds is 5. The van der Waals surface area contributed by atoms with Crippen molar-refractivity contribution >= 4 is 12.6 Å². The molecule has 3 heteroatoms. The van der Waals surface area contributed by atoms with Crippen LogP contribution >= 0.6 is 12.6 Å². The summed E-state index contributed by atoms with van der Waals surface area (Å²) >= 11 is 4.55. The van der Waals surface area contributed by atoms with Crippen LogP contribution < -0.4 is 11.5 Å². The predicted octanol–water partition coefficient (Wildman–Crippen LogP) is 1.59. The molecular weight excluding hydrogens is 204 g/mol. The maximum Gasteiger partial charge on any atom is 0.0260 e. The van der Waals surface area contributed by atoms with Crippen LogP contribution in [0.1, 0.15) is 18.9 Å². The molecule has 0 bridgehead atoms. The zero-order chi connectivity index (χ0) is 11.3. The zero-order valence-corrected chi connectivity index (χ0v) is 10.1. The molecule has 2 atom stereocenters. The molecule has 15 heavy (non-hydrogen) atoms. The van der Waals surface area contributed by atoms with E-state index >= 15 is 0 Å². The molecule has 0 saturated carbocycles. The molecule has 2 nitrogen and oxygen atoms in total. The van der Waals surface area contributed by atoms with Crippen LogP contribution in [0.5, 0.6) is 0 Å². The fraction of sp³-hybridized carbons (Fsp3) is 0.500. The van der Waals surface area contributed by atoms with Gasteiger partial charge in [0.2, 0.25) is 0 Å². The summed E-state index contributed by atoms with van der Waals surface area (Å²) < 4.78 is 0. The van der Waals surface area contributed by atoms with Crippen molar-refractivity contribution in [1.29, 1.82) is 0 Å². The minimum absolute atomic E-state index is 0.269. The molecule has 1 aromatic rings. The summed E-state index contributed by atoms with van der Waals surface area (Å²) in [5.74, 6) is 0. The first kappa shape index (κ1) is 12.6. The summed E-state index contributed by atoms with van der Waals surface area (Å²) in [7, 11) is 0. The topological polar surface area (TPSA) is 52.0 Å². The summed E-state index contributed by atoms with van der Waals surface area (Å²) in [6.45, 7) is 2.47. The lowest BCUT2D eigenvalue weighted by Gasteiger charge is -2.25. The molecule has 0 amide bonds. The highest BCUT2D eigenvalue weighted by atomic mass is 32.1. The average molecular weight is 224 g/mol. The molecule has 0 radical (unpaired) electrons. The normalized spacial score (nSPS) is 17.1. The van der Waals surface area contributed by atoms with Crippen molar-refractivity contribution in [3.63, 3.8) is 0 Å². The SMILES string of the molecule is CC(N)(CN)CC(S)Cc1ccccc1. The van der Waals surface area contributed by atoms with E-state index in [1.54, 1.807) is 0 Å². The third-order valence-electron chi connectivity index (χ3n) is 2.48. The minimum Gasteiger partial charge on any atom is -0.329 e. The highest BCUT2D eigenvalue weighted by Crippen LogP contribution is 2.16. The maximum absolute atomic E-state index is 6.00. The second-order valence-electron chi connectivity index (χ2n) is 4.41. The van der Waals surface area contributed by atoms with Crippen LogP contribution in [0.2, 0.25) is 0 Å². The molecule has 0 aliphatic carbocycles. The summed E-state index contributed by atoms with van der Waals surface area (Å²) in [6, 6.07) is 10.3. The van der Waals surface area contributed by atoms with Crippen molar-refractivity contribution in [3.05, 3.63) is 35.9 Å². The number of nitrogens with two attached hydrogens (primary N) is 2. The van der Waals surface area contributed by atoms with Gasteiger partial charge in [0.25, 0.3) is 0 Å². The molecule has 0 saturated heterocycles. The third-order valence-corrected chi connectivity index (χ3v) is 2.85. The molecule has 2 unspecified atom stereocenters. The highest BCUT2D eigenvalue weighted by Gasteiger charge is 2.20. The van der Waals surface area contributed by atoms with E-state index in [-0.39, 0.29) is 10.8 Å². The van der Waals surface area contributed by atoms with Crippen LogP contribution in [0.3, 0.4) is 0 Å².